The van der Waals surface area contributed by atoms with E-state index in [9.17, 15) is 4.79 Å². The second-order valence-electron chi connectivity index (χ2n) is 6.13. The van der Waals surface area contributed by atoms with E-state index in [-0.39, 0.29) is 11.8 Å². The molecule has 0 radical (unpaired) electrons. The molecule has 1 aliphatic heterocycles. The molecule has 0 bridgehead atoms. The van der Waals surface area contributed by atoms with E-state index in [0.717, 1.165) is 28.4 Å². The van der Waals surface area contributed by atoms with Gasteiger partial charge < -0.3 is 19.5 Å². The molecule has 0 aromatic heterocycles. The van der Waals surface area contributed by atoms with Crippen molar-refractivity contribution in [1.29, 1.82) is 0 Å². The van der Waals surface area contributed by atoms with Crippen LogP contribution in [0.3, 0.4) is 0 Å². The number of carbonyl (C=O) groups is 1. The van der Waals surface area contributed by atoms with Crippen LogP contribution in [0, 0.1) is 0 Å². The first-order valence-corrected chi connectivity index (χ1v) is 8.45. The van der Waals surface area contributed by atoms with E-state index in [1.807, 2.05) is 49.4 Å². The molecule has 1 amide bonds. The number of fused-ring (bicyclic) bond motifs is 1. The lowest BCUT2D eigenvalue weighted by molar-refractivity contribution is -0.121. The van der Waals surface area contributed by atoms with Gasteiger partial charge in [-0.3, -0.25) is 4.79 Å². The molecule has 2 aromatic carbocycles. The van der Waals surface area contributed by atoms with E-state index in [2.05, 4.69) is 5.32 Å². The van der Waals surface area contributed by atoms with E-state index < -0.39 is 0 Å². The standard InChI is InChI=1S/C20H23NO4/c1-14(16-5-8-18-19(12-16)25-10-9-24-18)11-20(22)21-13-15-3-6-17(23-2)7-4-15/h3-8,12,14H,9-11,13H2,1-2H3,(H,21,22). The zero-order valence-corrected chi connectivity index (χ0v) is 14.6. The Balaban J connectivity index is 1.53. The van der Waals surface area contributed by atoms with Crippen LogP contribution in [-0.4, -0.2) is 26.2 Å². The summed E-state index contributed by atoms with van der Waals surface area (Å²) in [4.78, 5) is 12.2. The number of rotatable bonds is 6. The summed E-state index contributed by atoms with van der Waals surface area (Å²) >= 11 is 0. The minimum Gasteiger partial charge on any atom is -0.497 e. The fraction of sp³-hybridized carbons (Fsp3) is 0.350. The molecule has 0 aliphatic carbocycles. The number of methoxy groups -OCH3 is 1. The van der Waals surface area contributed by atoms with E-state index in [1.165, 1.54) is 0 Å². The Morgan fingerprint density at radius 3 is 2.56 bits per heavy atom. The van der Waals surface area contributed by atoms with Crippen LogP contribution in [-0.2, 0) is 11.3 Å². The zero-order valence-electron chi connectivity index (χ0n) is 14.6. The van der Waals surface area contributed by atoms with Gasteiger partial charge in [-0.2, -0.15) is 0 Å². The van der Waals surface area contributed by atoms with Crippen LogP contribution in [0.5, 0.6) is 17.2 Å². The molecule has 1 atom stereocenters. The molecular formula is C20H23NO4. The molecule has 132 valence electrons. The highest BCUT2D eigenvalue weighted by Gasteiger charge is 2.16. The molecule has 2 aromatic rings. The number of amides is 1. The molecule has 0 saturated carbocycles. The van der Waals surface area contributed by atoms with Crippen molar-refractivity contribution in [1.82, 2.24) is 5.32 Å². The molecule has 3 rings (SSSR count). The van der Waals surface area contributed by atoms with Crippen molar-refractivity contribution >= 4 is 5.91 Å². The number of hydrogen-bond donors (Lipinski definition) is 1. The lowest BCUT2D eigenvalue weighted by atomic mass is 9.97. The van der Waals surface area contributed by atoms with Crippen molar-refractivity contribution in [3.63, 3.8) is 0 Å². The molecular weight excluding hydrogens is 318 g/mol. The van der Waals surface area contributed by atoms with Gasteiger partial charge in [0.05, 0.1) is 7.11 Å². The number of hydrogen-bond acceptors (Lipinski definition) is 4. The smallest absolute Gasteiger partial charge is 0.220 e. The van der Waals surface area contributed by atoms with Crippen molar-refractivity contribution in [2.45, 2.75) is 25.8 Å². The second kappa shape index (κ2) is 7.92. The summed E-state index contributed by atoms with van der Waals surface area (Å²) < 4.78 is 16.3. The Hall–Kier alpha value is -2.69. The molecule has 5 heteroatoms. The number of benzene rings is 2. The summed E-state index contributed by atoms with van der Waals surface area (Å²) in [6.07, 6.45) is 0.426. The van der Waals surface area contributed by atoms with Crippen molar-refractivity contribution in [2.24, 2.45) is 0 Å². The molecule has 0 fully saturated rings. The van der Waals surface area contributed by atoms with E-state index in [1.54, 1.807) is 7.11 Å². The van der Waals surface area contributed by atoms with Gasteiger partial charge in [0.1, 0.15) is 19.0 Å². The van der Waals surface area contributed by atoms with Gasteiger partial charge in [-0.25, -0.2) is 0 Å². The lowest BCUT2D eigenvalue weighted by Crippen LogP contribution is -2.24. The van der Waals surface area contributed by atoms with Crippen molar-refractivity contribution in [3.05, 3.63) is 53.6 Å². The Morgan fingerprint density at radius 2 is 1.84 bits per heavy atom. The predicted octanol–water partition coefficient (Wildman–Crippen LogP) is 3.28. The molecule has 1 unspecified atom stereocenters. The van der Waals surface area contributed by atoms with E-state index in [4.69, 9.17) is 14.2 Å². The van der Waals surface area contributed by atoms with Crippen LogP contribution >= 0.6 is 0 Å². The van der Waals surface area contributed by atoms with Gasteiger partial charge in [0.15, 0.2) is 11.5 Å². The molecule has 25 heavy (non-hydrogen) atoms. The Morgan fingerprint density at radius 1 is 1.12 bits per heavy atom. The summed E-state index contributed by atoms with van der Waals surface area (Å²) in [5, 5.41) is 2.96. The Bertz CT molecular complexity index is 727. The minimum atomic E-state index is 0.0261. The third-order valence-corrected chi connectivity index (χ3v) is 4.28. The van der Waals surface area contributed by atoms with Gasteiger partial charge in [0.2, 0.25) is 5.91 Å². The highest BCUT2D eigenvalue weighted by atomic mass is 16.6. The van der Waals surface area contributed by atoms with Crippen molar-refractivity contribution < 1.29 is 19.0 Å². The molecule has 5 nitrogen and oxygen atoms in total. The van der Waals surface area contributed by atoms with Gasteiger partial charge in [0.25, 0.3) is 0 Å². The first-order valence-electron chi connectivity index (χ1n) is 8.45. The van der Waals surface area contributed by atoms with E-state index in [0.29, 0.717) is 26.2 Å². The van der Waals surface area contributed by atoms with Gasteiger partial charge in [0, 0.05) is 13.0 Å². The fourth-order valence-electron chi connectivity index (χ4n) is 2.78. The average Bonchev–Trinajstić information content (AvgIpc) is 2.66. The molecule has 1 aliphatic rings. The van der Waals surface area contributed by atoms with Crippen LogP contribution < -0.4 is 19.5 Å². The molecule has 0 saturated heterocycles. The number of carbonyl (C=O) groups excluding carboxylic acids is 1. The number of nitrogens with one attached hydrogen (secondary N) is 1. The highest BCUT2D eigenvalue weighted by molar-refractivity contribution is 5.76. The van der Waals surface area contributed by atoms with Crippen LogP contribution in [0.15, 0.2) is 42.5 Å². The first-order chi connectivity index (χ1) is 12.2. The summed E-state index contributed by atoms with van der Waals surface area (Å²) in [6.45, 7) is 3.69. The van der Waals surface area contributed by atoms with Crippen LogP contribution in [0.25, 0.3) is 0 Å². The lowest BCUT2D eigenvalue weighted by Gasteiger charge is -2.20. The maximum absolute atomic E-state index is 12.2. The van der Waals surface area contributed by atoms with E-state index >= 15 is 0 Å². The Kier molecular flexibility index (Phi) is 5.43. The van der Waals surface area contributed by atoms with Crippen LogP contribution in [0.2, 0.25) is 0 Å². The minimum absolute atomic E-state index is 0.0261. The van der Waals surface area contributed by atoms with Crippen LogP contribution in [0.1, 0.15) is 30.4 Å². The topological polar surface area (TPSA) is 56.8 Å². The van der Waals surface area contributed by atoms with Crippen molar-refractivity contribution in [3.8, 4) is 17.2 Å². The molecule has 0 spiro atoms. The van der Waals surface area contributed by atoms with Gasteiger partial charge >= 0.3 is 0 Å². The van der Waals surface area contributed by atoms with Gasteiger partial charge in [-0.05, 0) is 41.3 Å². The third kappa shape index (κ3) is 4.44. The largest absolute Gasteiger partial charge is 0.497 e. The monoisotopic (exact) mass is 341 g/mol. The molecule has 1 heterocycles. The van der Waals surface area contributed by atoms with Crippen LogP contribution in [0.4, 0.5) is 0 Å². The normalized spacial score (nSPS) is 13.8. The second-order valence-corrected chi connectivity index (χ2v) is 6.13. The SMILES string of the molecule is COc1ccc(CNC(=O)CC(C)c2ccc3c(c2)OCCO3)cc1. The third-order valence-electron chi connectivity index (χ3n) is 4.28. The van der Waals surface area contributed by atoms with Gasteiger partial charge in [-0.15, -0.1) is 0 Å². The summed E-state index contributed by atoms with van der Waals surface area (Å²) in [5.74, 6) is 2.47. The highest BCUT2D eigenvalue weighted by Crippen LogP contribution is 2.33. The Labute approximate surface area is 147 Å². The number of ether oxygens (including phenoxy) is 3. The first kappa shape index (κ1) is 17.1. The maximum atomic E-state index is 12.2. The average molecular weight is 341 g/mol. The van der Waals surface area contributed by atoms with Crippen molar-refractivity contribution in [2.75, 3.05) is 20.3 Å². The fourth-order valence-corrected chi connectivity index (χ4v) is 2.78. The summed E-state index contributed by atoms with van der Waals surface area (Å²) in [7, 11) is 1.63. The predicted molar refractivity (Wildman–Crippen MR) is 95.3 cm³/mol. The zero-order chi connectivity index (χ0) is 17.6. The summed E-state index contributed by atoms with van der Waals surface area (Å²) in [6, 6.07) is 13.5. The van der Waals surface area contributed by atoms with Gasteiger partial charge in [-0.1, -0.05) is 25.1 Å². The maximum Gasteiger partial charge on any atom is 0.220 e. The molecule has 1 N–H and O–H groups in total. The summed E-state index contributed by atoms with van der Waals surface area (Å²) in [5.41, 5.74) is 2.12. The quantitative estimate of drug-likeness (QED) is 0.876.